The lowest BCUT2D eigenvalue weighted by Crippen LogP contribution is -2.51. The highest BCUT2D eigenvalue weighted by Gasteiger charge is 2.25. The maximum Gasteiger partial charge on any atom is 0.317 e. The van der Waals surface area contributed by atoms with Crippen molar-refractivity contribution in [2.75, 3.05) is 26.2 Å². The van der Waals surface area contributed by atoms with Crippen molar-refractivity contribution in [1.82, 2.24) is 15.5 Å². The van der Waals surface area contributed by atoms with E-state index < -0.39 is 0 Å². The summed E-state index contributed by atoms with van der Waals surface area (Å²) in [6.07, 6.45) is 0.692. The SMILES string of the molecule is C[C@H]1CN(C(=O)NCCCNC(=O)c2ccc(F)cc2)C[C@H](C)O1. The minimum atomic E-state index is -0.374. The number of urea groups is 1. The van der Waals surface area contributed by atoms with Crippen LogP contribution in [0, 0.1) is 5.82 Å². The van der Waals surface area contributed by atoms with Crippen molar-refractivity contribution >= 4 is 11.9 Å². The summed E-state index contributed by atoms with van der Waals surface area (Å²) in [4.78, 5) is 25.7. The van der Waals surface area contributed by atoms with Gasteiger partial charge in [-0.2, -0.15) is 0 Å². The first-order chi connectivity index (χ1) is 11.5. The van der Waals surface area contributed by atoms with Gasteiger partial charge in [-0.15, -0.1) is 0 Å². The largest absolute Gasteiger partial charge is 0.372 e. The van der Waals surface area contributed by atoms with Gasteiger partial charge in [0.25, 0.3) is 5.91 Å². The molecule has 132 valence electrons. The number of amides is 3. The van der Waals surface area contributed by atoms with Crippen molar-refractivity contribution in [3.63, 3.8) is 0 Å². The zero-order valence-electron chi connectivity index (χ0n) is 14.0. The Morgan fingerprint density at radius 3 is 2.33 bits per heavy atom. The van der Waals surface area contributed by atoms with E-state index in [1.54, 1.807) is 4.90 Å². The van der Waals surface area contributed by atoms with Gasteiger partial charge in [0, 0.05) is 31.7 Å². The number of halogens is 1. The minimum absolute atomic E-state index is 0.0366. The highest BCUT2D eigenvalue weighted by Crippen LogP contribution is 2.10. The van der Waals surface area contributed by atoms with Crippen LogP contribution in [-0.4, -0.2) is 55.2 Å². The fourth-order valence-electron chi connectivity index (χ4n) is 2.64. The molecule has 1 aromatic rings. The van der Waals surface area contributed by atoms with E-state index >= 15 is 0 Å². The number of carbonyl (C=O) groups excluding carboxylic acids is 2. The molecule has 24 heavy (non-hydrogen) atoms. The number of hydrogen-bond donors (Lipinski definition) is 2. The Balaban J connectivity index is 1.63. The zero-order valence-corrected chi connectivity index (χ0v) is 14.0. The molecule has 0 saturated carbocycles. The molecule has 0 aromatic heterocycles. The highest BCUT2D eigenvalue weighted by molar-refractivity contribution is 5.94. The molecule has 0 aliphatic carbocycles. The molecule has 0 bridgehead atoms. The van der Waals surface area contributed by atoms with Crippen molar-refractivity contribution in [1.29, 1.82) is 0 Å². The molecule has 1 aromatic carbocycles. The van der Waals surface area contributed by atoms with Crippen LogP contribution in [0.1, 0.15) is 30.6 Å². The maximum absolute atomic E-state index is 12.8. The summed E-state index contributed by atoms with van der Waals surface area (Å²) in [6.45, 7) is 5.96. The van der Waals surface area contributed by atoms with E-state index in [1.807, 2.05) is 13.8 Å². The molecule has 1 fully saturated rings. The van der Waals surface area contributed by atoms with Gasteiger partial charge in [-0.25, -0.2) is 9.18 Å². The molecule has 2 N–H and O–H groups in total. The van der Waals surface area contributed by atoms with Gasteiger partial charge in [0.1, 0.15) is 5.82 Å². The van der Waals surface area contributed by atoms with E-state index in [0.717, 1.165) is 0 Å². The summed E-state index contributed by atoms with van der Waals surface area (Å²) < 4.78 is 18.4. The van der Waals surface area contributed by atoms with Crippen molar-refractivity contribution in [2.45, 2.75) is 32.5 Å². The Morgan fingerprint density at radius 2 is 1.71 bits per heavy atom. The smallest absolute Gasteiger partial charge is 0.317 e. The van der Waals surface area contributed by atoms with Gasteiger partial charge in [-0.3, -0.25) is 4.79 Å². The van der Waals surface area contributed by atoms with E-state index in [-0.39, 0.29) is 30.0 Å². The molecule has 0 spiro atoms. The average Bonchev–Trinajstić information content (AvgIpc) is 2.54. The Morgan fingerprint density at radius 1 is 1.12 bits per heavy atom. The van der Waals surface area contributed by atoms with Crippen LogP contribution in [0.15, 0.2) is 24.3 Å². The third-order valence-electron chi connectivity index (χ3n) is 3.73. The minimum Gasteiger partial charge on any atom is -0.372 e. The molecule has 1 aliphatic rings. The molecule has 2 atom stereocenters. The van der Waals surface area contributed by atoms with E-state index in [0.29, 0.717) is 38.2 Å². The molecule has 2 rings (SSSR count). The normalized spacial score (nSPS) is 20.5. The number of benzene rings is 1. The second kappa shape index (κ2) is 8.63. The summed E-state index contributed by atoms with van der Waals surface area (Å²) in [5.41, 5.74) is 0.414. The number of carbonyl (C=O) groups is 2. The molecule has 1 saturated heterocycles. The van der Waals surface area contributed by atoms with Crippen LogP contribution in [0.4, 0.5) is 9.18 Å². The Bertz CT molecular complexity index is 555. The van der Waals surface area contributed by atoms with Gasteiger partial charge in [-0.05, 0) is 44.5 Å². The third-order valence-corrected chi connectivity index (χ3v) is 3.73. The molecule has 1 heterocycles. The van der Waals surface area contributed by atoms with E-state index in [4.69, 9.17) is 4.74 Å². The number of ether oxygens (including phenoxy) is 1. The number of nitrogens with one attached hydrogen (secondary N) is 2. The van der Waals surface area contributed by atoms with Crippen LogP contribution in [0.3, 0.4) is 0 Å². The molecule has 0 unspecified atom stereocenters. The monoisotopic (exact) mass is 337 g/mol. The Hall–Kier alpha value is -2.15. The second-order valence-corrected chi connectivity index (χ2v) is 6.01. The molecule has 0 radical (unpaired) electrons. The Labute approximate surface area is 141 Å². The molecular weight excluding hydrogens is 313 g/mol. The molecule has 7 heteroatoms. The topological polar surface area (TPSA) is 70.7 Å². The summed E-state index contributed by atoms with van der Waals surface area (Å²) >= 11 is 0. The summed E-state index contributed by atoms with van der Waals surface area (Å²) in [7, 11) is 0. The lowest BCUT2D eigenvalue weighted by Gasteiger charge is -2.35. The van der Waals surface area contributed by atoms with Gasteiger partial charge in [-0.1, -0.05) is 0 Å². The predicted molar refractivity (Wildman–Crippen MR) is 88.3 cm³/mol. The third kappa shape index (κ3) is 5.49. The molecule has 3 amide bonds. The summed E-state index contributed by atoms with van der Waals surface area (Å²) in [5.74, 6) is -0.627. The number of hydrogen-bond acceptors (Lipinski definition) is 3. The van der Waals surface area contributed by atoms with Gasteiger partial charge in [0.2, 0.25) is 0 Å². The van der Waals surface area contributed by atoms with Crippen LogP contribution in [0.2, 0.25) is 0 Å². The lowest BCUT2D eigenvalue weighted by molar-refractivity contribution is -0.0545. The first-order valence-corrected chi connectivity index (χ1v) is 8.17. The number of nitrogens with zero attached hydrogens (tertiary/aromatic N) is 1. The molecule has 6 nitrogen and oxygen atoms in total. The Kier molecular flexibility index (Phi) is 6.54. The fourth-order valence-corrected chi connectivity index (χ4v) is 2.64. The fraction of sp³-hybridized carbons (Fsp3) is 0.529. The van der Waals surface area contributed by atoms with Crippen LogP contribution in [0.5, 0.6) is 0 Å². The van der Waals surface area contributed by atoms with Crippen LogP contribution >= 0.6 is 0 Å². The molecular formula is C17H24FN3O3. The van der Waals surface area contributed by atoms with Gasteiger partial charge in [0.15, 0.2) is 0 Å². The number of rotatable bonds is 5. The van der Waals surface area contributed by atoms with Crippen molar-refractivity contribution in [3.8, 4) is 0 Å². The van der Waals surface area contributed by atoms with Crippen LogP contribution in [-0.2, 0) is 4.74 Å². The molecule has 1 aliphatic heterocycles. The highest BCUT2D eigenvalue weighted by atomic mass is 19.1. The number of morpholine rings is 1. The van der Waals surface area contributed by atoms with Crippen molar-refractivity contribution in [3.05, 3.63) is 35.6 Å². The van der Waals surface area contributed by atoms with Gasteiger partial charge in [0.05, 0.1) is 12.2 Å². The second-order valence-electron chi connectivity index (χ2n) is 6.01. The van der Waals surface area contributed by atoms with Crippen LogP contribution < -0.4 is 10.6 Å². The van der Waals surface area contributed by atoms with Gasteiger partial charge < -0.3 is 20.3 Å². The van der Waals surface area contributed by atoms with Crippen molar-refractivity contribution < 1.29 is 18.7 Å². The standard InChI is InChI=1S/C17H24FN3O3/c1-12-10-21(11-13(2)24-12)17(23)20-9-3-8-19-16(22)14-4-6-15(18)7-5-14/h4-7,12-13H,3,8-11H2,1-2H3,(H,19,22)(H,20,23)/t12-,13-/m0/s1. The average molecular weight is 337 g/mol. The maximum atomic E-state index is 12.8. The van der Waals surface area contributed by atoms with Gasteiger partial charge >= 0.3 is 6.03 Å². The first-order valence-electron chi connectivity index (χ1n) is 8.17. The quantitative estimate of drug-likeness (QED) is 0.805. The summed E-state index contributed by atoms with van der Waals surface area (Å²) in [5, 5.41) is 5.58. The van der Waals surface area contributed by atoms with E-state index in [9.17, 15) is 14.0 Å². The van der Waals surface area contributed by atoms with E-state index in [2.05, 4.69) is 10.6 Å². The summed E-state index contributed by atoms with van der Waals surface area (Å²) in [6, 6.07) is 5.26. The first kappa shape index (κ1) is 18.2. The van der Waals surface area contributed by atoms with Crippen molar-refractivity contribution in [2.24, 2.45) is 0 Å². The lowest BCUT2D eigenvalue weighted by atomic mass is 10.2. The van der Waals surface area contributed by atoms with E-state index in [1.165, 1.54) is 24.3 Å². The van der Waals surface area contributed by atoms with Crippen LogP contribution in [0.25, 0.3) is 0 Å². The predicted octanol–water partition coefficient (Wildman–Crippen LogP) is 1.76. The zero-order chi connectivity index (χ0) is 17.5.